The Balaban J connectivity index is 1.89. The lowest BCUT2D eigenvalue weighted by atomic mass is 10.1. The fraction of sp³-hybridized carbons (Fsp3) is 0.176. The fourth-order valence-corrected chi connectivity index (χ4v) is 2.35. The number of aromatic nitrogens is 4. The van der Waals surface area contributed by atoms with Crippen LogP contribution in [0.5, 0.6) is 5.75 Å². The molecule has 5 nitrogen and oxygen atoms in total. The molecule has 0 atom stereocenters. The van der Waals surface area contributed by atoms with Gasteiger partial charge < -0.3 is 4.74 Å². The summed E-state index contributed by atoms with van der Waals surface area (Å²) in [5.41, 5.74) is 2.50. The maximum atomic E-state index is 12.4. The van der Waals surface area contributed by atoms with Crippen LogP contribution in [0.2, 0.25) is 5.15 Å². The second-order valence-corrected chi connectivity index (χ2v) is 5.80. The molecule has 0 fully saturated rings. The third-order valence-electron chi connectivity index (χ3n) is 3.44. The van der Waals surface area contributed by atoms with Crippen molar-refractivity contribution in [2.24, 2.45) is 0 Å². The summed E-state index contributed by atoms with van der Waals surface area (Å²) in [4.78, 5) is 8.44. The second kappa shape index (κ2) is 7.25. The number of rotatable bonds is 4. The highest BCUT2D eigenvalue weighted by molar-refractivity contribution is 6.29. The maximum Gasteiger partial charge on any atom is 0.573 e. The average molecular weight is 381 g/mol. The van der Waals surface area contributed by atoms with Gasteiger partial charge in [0, 0.05) is 18.2 Å². The van der Waals surface area contributed by atoms with Crippen molar-refractivity contribution in [1.82, 2.24) is 20.2 Å². The standard InChI is InChI=1S/C17H12ClF3N4O/c1-10-14(7-11-5-6-15(18)22-9-11)23-16(25-24-10)12-3-2-4-13(8-12)26-17(19,20)21/h2-6,8-9H,7H2,1H3. The predicted octanol–water partition coefficient (Wildman–Crippen LogP) is 4.38. The third-order valence-corrected chi connectivity index (χ3v) is 3.66. The number of nitrogens with zero attached hydrogens (tertiary/aromatic N) is 4. The van der Waals surface area contributed by atoms with Gasteiger partial charge in [-0.25, -0.2) is 9.97 Å². The molecule has 0 aliphatic rings. The van der Waals surface area contributed by atoms with Gasteiger partial charge >= 0.3 is 6.36 Å². The highest BCUT2D eigenvalue weighted by Gasteiger charge is 2.31. The van der Waals surface area contributed by atoms with Gasteiger partial charge in [-0.15, -0.1) is 18.3 Å². The van der Waals surface area contributed by atoms with E-state index in [1.54, 1.807) is 25.3 Å². The lowest BCUT2D eigenvalue weighted by Gasteiger charge is -2.10. The molecule has 0 unspecified atom stereocenters. The molecular formula is C17H12ClF3N4O. The molecule has 0 aliphatic heterocycles. The smallest absolute Gasteiger partial charge is 0.406 e. The van der Waals surface area contributed by atoms with Crippen LogP contribution in [-0.4, -0.2) is 26.5 Å². The number of hydrogen-bond acceptors (Lipinski definition) is 5. The van der Waals surface area contributed by atoms with Crippen LogP contribution < -0.4 is 4.74 Å². The zero-order chi connectivity index (χ0) is 18.7. The van der Waals surface area contributed by atoms with Crippen molar-refractivity contribution in [3.8, 4) is 17.1 Å². The maximum absolute atomic E-state index is 12.4. The fourth-order valence-electron chi connectivity index (χ4n) is 2.24. The Hall–Kier alpha value is -2.74. The minimum absolute atomic E-state index is 0.208. The molecule has 3 rings (SSSR count). The number of alkyl halides is 3. The number of benzene rings is 1. The minimum Gasteiger partial charge on any atom is -0.406 e. The Morgan fingerprint density at radius 3 is 2.62 bits per heavy atom. The molecule has 0 aliphatic carbocycles. The molecular weight excluding hydrogens is 369 g/mol. The third kappa shape index (κ3) is 4.66. The topological polar surface area (TPSA) is 60.8 Å². The van der Waals surface area contributed by atoms with E-state index in [-0.39, 0.29) is 11.6 Å². The van der Waals surface area contributed by atoms with E-state index in [1.807, 2.05) is 6.07 Å². The molecule has 2 heterocycles. The van der Waals surface area contributed by atoms with Crippen molar-refractivity contribution in [2.45, 2.75) is 19.7 Å². The van der Waals surface area contributed by atoms with E-state index >= 15 is 0 Å². The summed E-state index contributed by atoms with van der Waals surface area (Å²) >= 11 is 5.77. The Bertz CT molecular complexity index is 917. The summed E-state index contributed by atoms with van der Waals surface area (Å²) in [5.74, 6) is -0.136. The summed E-state index contributed by atoms with van der Waals surface area (Å²) in [7, 11) is 0. The van der Waals surface area contributed by atoms with Gasteiger partial charge in [0.1, 0.15) is 10.9 Å². The van der Waals surface area contributed by atoms with Gasteiger partial charge in [0.25, 0.3) is 0 Å². The van der Waals surface area contributed by atoms with Crippen molar-refractivity contribution >= 4 is 11.6 Å². The summed E-state index contributed by atoms with van der Waals surface area (Å²) in [5, 5.41) is 8.40. The zero-order valence-electron chi connectivity index (χ0n) is 13.5. The first kappa shape index (κ1) is 18.1. The molecule has 0 radical (unpaired) electrons. The van der Waals surface area contributed by atoms with Crippen LogP contribution in [-0.2, 0) is 6.42 Å². The number of pyridine rings is 1. The van der Waals surface area contributed by atoms with E-state index < -0.39 is 6.36 Å². The first-order chi connectivity index (χ1) is 12.3. The lowest BCUT2D eigenvalue weighted by molar-refractivity contribution is -0.274. The van der Waals surface area contributed by atoms with Crippen molar-refractivity contribution in [1.29, 1.82) is 0 Å². The highest BCUT2D eigenvalue weighted by atomic mass is 35.5. The summed E-state index contributed by atoms with van der Waals surface area (Å²) in [6.07, 6.45) is -2.70. The molecule has 0 saturated heterocycles. The molecule has 0 saturated carbocycles. The number of halogens is 4. The van der Waals surface area contributed by atoms with E-state index in [0.717, 1.165) is 5.56 Å². The summed E-state index contributed by atoms with van der Waals surface area (Å²) in [6.45, 7) is 1.76. The van der Waals surface area contributed by atoms with E-state index in [0.29, 0.717) is 28.5 Å². The van der Waals surface area contributed by atoms with Gasteiger partial charge in [-0.05, 0) is 30.7 Å². The molecule has 26 heavy (non-hydrogen) atoms. The van der Waals surface area contributed by atoms with Gasteiger partial charge in [-0.1, -0.05) is 29.8 Å². The number of hydrogen-bond donors (Lipinski definition) is 0. The molecule has 134 valence electrons. The second-order valence-electron chi connectivity index (χ2n) is 5.41. The van der Waals surface area contributed by atoms with Crippen LogP contribution in [0, 0.1) is 6.92 Å². The van der Waals surface area contributed by atoms with Crippen LogP contribution in [0.1, 0.15) is 17.0 Å². The molecule has 0 amide bonds. The first-order valence-electron chi connectivity index (χ1n) is 7.47. The number of ether oxygens (including phenoxy) is 1. The first-order valence-corrected chi connectivity index (χ1v) is 7.85. The Labute approximate surface area is 151 Å². The lowest BCUT2D eigenvalue weighted by Crippen LogP contribution is -2.17. The normalized spacial score (nSPS) is 11.4. The Morgan fingerprint density at radius 1 is 1.12 bits per heavy atom. The molecule has 2 aromatic heterocycles. The zero-order valence-corrected chi connectivity index (χ0v) is 14.2. The molecule has 0 bridgehead atoms. The van der Waals surface area contributed by atoms with Crippen LogP contribution >= 0.6 is 11.6 Å². The minimum atomic E-state index is -4.77. The van der Waals surface area contributed by atoms with Crippen molar-refractivity contribution < 1.29 is 17.9 Å². The predicted molar refractivity (Wildman–Crippen MR) is 88.7 cm³/mol. The average Bonchev–Trinajstić information content (AvgIpc) is 2.57. The summed E-state index contributed by atoms with van der Waals surface area (Å²) in [6, 6.07) is 8.92. The van der Waals surface area contributed by atoms with Crippen molar-refractivity contribution in [2.75, 3.05) is 0 Å². The van der Waals surface area contributed by atoms with Gasteiger partial charge in [0.2, 0.25) is 0 Å². The summed E-state index contributed by atoms with van der Waals surface area (Å²) < 4.78 is 41.1. The van der Waals surface area contributed by atoms with Gasteiger partial charge in [0.15, 0.2) is 5.82 Å². The quantitative estimate of drug-likeness (QED) is 0.628. The van der Waals surface area contributed by atoms with Crippen LogP contribution in [0.4, 0.5) is 13.2 Å². The SMILES string of the molecule is Cc1nnc(-c2cccc(OC(F)(F)F)c2)nc1Cc1ccc(Cl)nc1. The molecule has 1 aromatic carbocycles. The van der Waals surface area contributed by atoms with Crippen LogP contribution in [0.15, 0.2) is 42.6 Å². The van der Waals surface area contributed by atoms with E-state index in [4.69, 9.17) is 11.6 Å². The van der Waals surface area contributed by atoms with Gasteiger partial charge in [0.05, 0.1) is 11.4 Å². The number of aryl methyl sites for hydroxylation is 1. The van der Waals surface area contributed by atoms with Crippen molar-refractivity contribution in [3.63, 3.8) is 0 Å². The van der Waals surface area contributed by atoms with Crippen LogP contribution in [0.3, 0.4) is 0 Å². The Kier molecular flexibility index (Phi) is 5.03. The van der Waals surface area contributed by atoms with E-state index in [9.17, 15) is 13.2 Å². The van der Waals surface area contributed by atoms with Gasteiger partial charge in [-0.3, -0.25) is 0 Å². The molecule has 0 N–H and O–H groups in total. The van der Waals surface area contributed by atoms with Crippen LogP contribution in [0.25, 0.3) is 11.4 Å². The molecule has 0 spiro atoms. The Morgan fingerprint density at radius 2 is 1.92 bits per heavy atom. The molecule has 9 heteroatoms. The highest BCUT2D eigenvalue weighted by Crippen LogP contribution is 2.26. The van der Waals surface area contributed by atoms with Gasteiger partial charge in [-0.2, -0.15) is 5.10 Å². The van der Waals surface area contributed by atoms with Crippen molar-refractivity contribution in [3.05, 3.63) is 64.7 Å². The van der Waals surface area contributed by atoms with E-state index in [1.165, 1.54) is 18.2 Å². The monoisotopic (exact) mass is 380 g/mol. The molecule has 3 aromatic rings. The largest absolute Gasteiger partial charge is 0.573 e. The van der Waals surface area contributed by atoms with E-state index in [2.05, 4.69) is 24.9 Å².